The Morgan fingerprint density at radius 2 is 2.22 bits per heavy atom. The van der Waals surface area contributed by atoms with Crippen molar-refractivity contribution in [1.29, 1.82) is 5.26 Å². The average Bonchev–Trinajstić information content (AvgIpc) is 3.05. The molecule has 0 aliphatic carbocycles. The number of hydrogen-bond donors (Lipinski definition) is 0. The summed E-state index contributed by atoms with van der Waals surface area (Å²) in [6, 6.07) is 7.41. The van der Waals surface area contributed by atoms with E-state index in [2.05, 4.69) is 11.1 Å². The molecule has 0 saturated carbocycles. The third-order valence-electron chi connectivity index (χ3n) is 3.35. The Balaban J connectivity index is 2.27. The first-order chi connectivity index (χ1) is 11.1. The molecule has 0 fully saturated rings. The third kappa shape index (κ3) is 3.89. The Bertz CT molecular complexity index is 731. The third-order valence-corrected chi connectivity index (χ3v) is 3.35. The number of esters is 1. The van der Waals surface area contributed by atoms with Crippen LogP contribution in [0.5, 0.6) is 5.75 Å². The van der Waals surface area contributed by atoms with Gasteiger partial charge in [-0.25, -0.2) is 9.78 Å². The molecule has 6 nitrogen and oxygen atoms in total. The SMILES string of the molecule is CCOC(=O)c1cn(-c2ccc(OC(C)CC)c(C#N)c2)cn1. The van der Waals surface area contributed by atoms with Crippen LogP contribution in [0.3, 0.4) is 0 Å². The number of nitrogens with zero attached hydrogens (tertiary/aromatic N) is 3. The van der Waals surface area contributed by atoms with Gasteiger partial charge < -0.3 is 14.0 Å². The van der Waals surface area contributed by atoms with Crippen molar-refractivity contribution >= 4 is 5.97 Å². The minimum atomic E-state index is -0.469. The summed E-state index contributed by atoms with van der Waals surface area (Å²) in [6.07, 6.45) is 3.98. The zero-order chi connectivity index (χ0) is 16.8. The Kier molecular flexibility index (Phi) is 5.36. The molecular weight excluding hydrogens is 294 g/mol. The van der Waals surface area contributed by atoms with Crippen LogP contribution in [-0.4, -0.2) is 28.2 Å². The molecule has 1 atom stereocenters. The molecule has 0 saturated heterocycles. The summed E-state index contributed by atoms with van der Waals surface area (Å²) in [7, 11) is 0. The van der Waals surface area contributed by atoms with Crippen molar-refractivity contribution in [3.8, 4) is 17.5 Å². The Morgan fingerprint density at radius 1 is 1.43 bits per heavy atom. The van der Waals surface area contributed by atoms with Gasteiger partial charge in [-0.15, -0.1) is 0 Å². The first kappa shape index (κ1) is 16.6. The maximum Gasteiger partial charge on any atom is 0.358 e. The zero-order valence-corrected chi connectivity index (χ0v) is 13.4. The summed E-state index contributed by atoms with van der Waals surface area (Å²) in [5.74, 6) is 0.0832. The highest BCUT2D eigenvalue weighted by molar-refractivity contribution is 5.87. The van der Waals surface area contributed by atoms with Crippen molar-refractivity contribution < 1.29 is 14.3 Å². The molecule has 0 spiro atoms. The summed E-state index contributed by atoms with van der Waals surface area (Å²) in [4.78, 5) is 15.7. The van der Waals surface area contributed by atoms with Gasteiger partial charge >= 0.3 is 5.97 Å². The minimum absolute atomic E-state index is 0.0385. The van der Waals surface area contributed by atoms with E-state index in [0.29, 0.717) is 17.9 Å². The van der Waals surface area contributed by atoms with Crippen LogP contribution in [0.1, 0.15) is 43.2 Å². The predicted molar refractivity (Wildman–Crippen MR) is 84.6 cm³/mol. The number of carbonyl (C=O) groups is 1. The second-order valence-electron chi connectivity index (χ2n) is 5.02. The molecular formula is C17H19N3O3. The molecule has 0 radical (unpaired) electrons. The molecule has 1 unspecified atom stereocenters. The van der Waals surface area contributed by atoms with Crippen molar-refractivity contribution in [3.63, 3.8) is 0 Å². The van der Waals surface area contributed by atoms with Gasteiger partial charge in [0, 0.05) is 11.9 Å². The van der Waals surface area contributed by atoms with Crippen LogP contribution in [-0.2, 0) is 4.74 Å². The Morgan fingerprint density at radius 3 is 2.87 bits per heavy atom. The van der Waals surface area contributed by atoms with Crippen LogP contribution in [0.25, 0.3) is 5.69 Å². The van der Waals surface area contributed by atoms with Crippen LogP contribution in [0.4, 0.5) is 0 Å². The van der Waals surface area contributed by atoms with Crippen LogP contribution in [0, 0.1) is 11.3 Å². The largest absolute Gasteiger partial charge is 0.489 e. The molecule has 0 bridgehead atoms. The molecule has 23 heavy (non-hydrogen) atoms. The number of rotatable bonds is 6. The maximum absolute atomic E-state index is 11.7. The number of aromatic nitrogens is 2. The number of nitriles is 1. The van der Waals surface area contributed by atoms with E-state index < -0.39 is 5.97 Å². The summed E-state index contributed by atoms with van der Waals surface area (Å²) >= 11 is 0. The fourth-order valence-corrected chi connectivity index (χ4v) is 1.94. The van der Waals surface area contributed by atoms with E-state index in [9.17, 15) is 10.1 Å². The van der Waals surface area contributed by atoms with Crippen molar-refractivity contribution in [2.24, 2.45) is 0 Å². The number of hydrogen-bond acceptors (Lipinski definition) is 5. The lowest BCUT2D eigenvalue weighted by Gasteiger charge is -2.14. The average molecular weight is 313 g/mol. The number of imidazole rings is 1. The van der Waals surface area contributed by atoms with Crippen LogP contribution >= 0.6 is 0 Å². The van der Waals surface area contributed by atoms with E-state index in [1.54, 1.807) is 29.8 Å². The molecule has 0 amide bonds. The van der Waals surface area contributed by atoms with Crippen molar-refractivity contribution in [3.05, 3.63) is 42.0 Å². The predicted octanol–water partition coefficient (Wildman–Crippen LogP) is 3.10. The second kappa shape index (κ2) is 7.45. The van der Waals surface area contributed by atoms with Gasteiger partial charge in [-0.2, -0.15) is 5.26 Å². The smallest absolute Gasteiger partial charge is 0.358 e. The Hall–Kier alpha value is -2.81. The number of benzene rings is 1. The van der Waals surface area contributed by atoms with E-state index in [1.165, 1.54) is 6.33 Å². The lowest BCUT2D eigenvalue weighted by Crippen LogP contribution is -2.10. The fourth-order valence-electron chi connectivity index (χ4n) is 1.94. The van der Waals surface area contributed by atoms with Crippen molar-refractivity contribution in [1.82, 2.24) is 9.55 Å². The van der Waals surface area contributed by atoms with E-state index in [1.807, 2.05) is 19.9 Å². The highest BCUT2D eigenvalue weighted by Crippen LogP contribution is 2.23. The standard InChI is InChI=1S/C17H19N3O3/c1-4-12(3)23-16-7-6-14(8-13(16)9-18)20-10-15(19-11-20)17(21)22-5-2/h6-8,10-12H,4-5H2,1-3H3. The quantitative estimate of drug-likeness (QED) is 0.766. The normalized spacial score (nSPS) is 11.6. The highest BCUT2D eigenvalue weighted by Gasteiger charge is 2.13. The molecule has 1 aromatic heterocycles. The second-order valence-corrected chi connectivity index (χ2v) is 5.02. The summed E-state index contributed by atoms with van der Waals surface area (Å²) < 4.78 is 12.3. The van der Waals surface area contributed by atoms with Crippen molar-refractivity contribution in [2.45, 2.75) is 33.3 Å². The number of ether oxygens (including phenoxy) is 2. The molecule has 1 aromatic carbocycles. The van der Waals surface area contributed by atoms with E-state index >= 15 is 0 Å². The summed E-state index contributed by atoms with van der Waals surface area (Å²) in [5, 5.41) is 9.31. The lowest BCUT2D eigenvalue weighted by molar-refractivity contribution is 0.0520. The van der Waals surface area contributed by atoms with Crippen LogP contribution < -0.4 is 4.74 Å². The van der Waals surface area contributed by atoms with Crippen LogP contribution in [0.15, 0.2) is 30.7 Å². The molecule has 2 aromatic rings. The first-order valence-electron chi connectivity index (χ1n) is 7.51. The first-order valence-corrected chi connectivity index (χ1v) is 7.51. The highest BCUT2D eigenvalue weighted by atomic mass is 16.5. The van der Waals surface area contributed by atoms with Crippen LogP contribution in [0.2, 0.25) is 0 Å². The molecule has 0 N–H and O–H groups in total. The molecule has 1 heterocycles. The van der Waals surface area contributed by atoms with E-state index in [0.717, 1.165) is 12.1 Å². The molecule has 0 aliphatic rings. The van der Waals surface area contributed by atoms with Gasteiger partial charge in [0.15, 0.2) is 5.69 Å². The zero-order valence-electron chi connectivity index (χ0n) is 13.4. The Labute approximate surface area is 135 Å². The summed E-state index contributed by atoms with van der Waals surface area (Å²) in [6.45, 7) is 6.01. The lowest BCUT2D eigenvalue weighted by atomic mass is 10.2. The van der Waals surface area contributed by atoms with Gasteiger partial charge in [0.2, 0.25) is 0 Å². The summed E-state index contributed by atoms with van der Waals surface area (Å²) in [5.41, 5.74) is 1.39. The van der Waals surface area contributed by atoms with Gasteiger partial charge in [-0.3, -0.25) is 0 Å². The van der Waals surface area contributed by atoms with E-state index in [4.69, 9.17) is 9.47 Å². The topological polar surface area (TPSA) is 77.1 Å². The van der Waals surface area contributed by atoms with Crippen molar-refractivity contribution in [2.75, 3.05) is 6.61 Å². The fraction of sp³-hybridized carbons (Fsp3) is 0.353. The molecule has 120 valence electrons. The molecule has 0 aliphatic heterocycles. The molecule has 6 heteroatoms. The van der Waals surface area contributed by atoms with Gasteiger partial charge in [-0.05, 0) is 38.5 Å². The maximum atomic E-state index is 11.7. The van der Waals surface area contributed by atoms with Gasteiger partial charge in [0.1, 0.15) is 18.1 Å². The minimum Gasteiger partial charge on any atom is -0.489 e. The van der Waals surface area contributed by atoms with E-state index in [-0.39, 0.29) is 11.8 Å². The monoisotopic (exact) mass is 313 g/mol. The number of carbonyl (C=O) groups excluding carboxylic acids is 1. The molecule has 2 rings (SSSR count). The van der Waals surface area contributed by atoms with Gasteiger partial charge in [0.25, 0.3) is 0 Å². The van der Waals surface area contributed by atoms with Gasteiger partial charge in [-0.1, -0.05) is 6.92 Å². The van der Waals surface area contributed by atoms with Gasteiger partial charge in [0.05, 0.1) is 18.3 Å².